The lowest BCUT2D eigenvalue weighted by atomic mass is 10.2. The first kappa shape index (κ1) is 25.0. The minimum atomic E-state index is -4.36. The maximum Gasteiger partial charge on any atom is 0.416 e. The summed E-state index contributed by atoms with van der Waals surface area (Å²) >= 11 is 0. The fourth-order valence-electron chi connectivity index (χ4n) is 2.44. The minimum Gasteiger partial charge on any atom is -0.496 e. The molecule has 0 N–H and O–H groups in total. The van der Waals surface area contributed by atoms with Crippen molar-refractivity contribution in [3.63, 3.8) is 0 Å². The summed E-state index contributed by atoms with van der Waals surface area (Å²) in [5, 5.41) is 0. The third kappa shape index (κ3) is 8.55. The van der Waals surface area contributed by atoms with Crippen molar-refractivity contribution in [1.82, 2.24) is 0 Å². The van der Waals surface area contributed by atoms with E-state index in [-0.39, 0.29) is 25.5 Å². The third-order valence-corrected chi connectivity index (χ3v) is 3.82. The molecule has 0 amide bonds. The van der Waals surface area contributed by atoms with Gasteiger partial charge < -0.3 is 18.9 Å². The lowest BCUT2D eigenvalue weighted by molar-refractivity contribution is -0.191. The number of hydrogen-bond acceptors (Lipinski definition) is 6. The number of aryl methyl sites for hydroxylation is 1. The van der Waals surface area contributed by atoms with E-state index in [0.29, 0.717) is 18.1 Å². The average Bonchev–Trinajstić information content (AvgIpc) is 2.70. The number of benzene rings is 2. The summed E-state index contributed by atoms with van der Waals surface area (Å²) in [6.07, 6.45) is -4.48. The number of hydrogen-bond donors (Lipinski definition) is 0. The number of carbonyl (C=O) groups excluding carboxylic acids is 2. The van der Waals surface area contributed by atoms with Crippen LogP contribution in [0.15, 0.2) is 42.5 Å². The lowest BCUT2D eigenvalue weighted by Gasteiger charge is -2.19. The predicted octanol–water partition coefficient (Wildman–Crippen LogP) is 4.30. The molecule has 1 atom stereocenters. The molecular formula is C21H23F3O6. The molecule has 0 fully saturated rings. The quantitative estimate of drug-likeness (QED) is 0.593. The molecule has 2 aromatic carbocycles. The lowest BCUT2D eigenvalue weighted by Crippen LogP contribution is -2.28. The van der Waals surface area contributed by atoms with Crippen LogP contribution < -0.4 is 14.2 Å². The van der Waals surface area contributed by atoms with Crippen molar-refractivity contribution >= 4 is 6.15 Å². The van der Waals surface area contributed by atoms with Crippen LogP contribution in [-0.2, 0) is 20.5 Å². The molecule has 0 spiro atoms. The van der Waals surface area contributed by atoms with Crippen LogP contribution in [0.2, 0.25) is 0 Å². The van der Waals surface area contributed by atoms with Gasteiger partial charge in [0.2, 0.25) is 0 Å². The largest absolute Gasteiger partial charge is 0.496 e. The fourth-order valence-corrected chi connectivity index (χ4v) is 2.44. The summed E-state index contributed by atoms with van der Waals surface area (Å²) in [6.45, 7) is 4.64. The van der Waals surface area contributed by atoms with Gasteiger partial charge in [0.25, 0.3) is 0 Å². The first-order chi connectivity index (χ1) is 14.2. The van der Waals surface area contributed by atoms with E-state index in [0.717, 1.165) is 23.4 Å². The predicted molar refractivity (Wildman–Crippen MR) is 101 cm³/mol. The highest BCUT2D eigenvalue weighted by Gasteiger charge is 2.30. The Kier molecular flexibility index (Phi) is 10.4. The van der Waals surface area contributed by atoms with Crippen molar-refractivity contribution in [3.8, 4) is 17.2 Å². The van der Waals surface area contributed by atoms with Crippen LogP contribution >= 0.6 is 0 Å². The van der Waals surface area contributed by atoms with E-state index >= 15 is 0 Å². The summed E-state index contributed by atoms with van der Waals surface area (Å²) in [5.74, 6) is 1.79. The van der Waals surface area contributed by atoms with Gasteiger partial charge >= 0.3 is 12.3 Å². The summed E-state index contributed by atoms with van der Waals surface area (Å²) in [7, 11) is 1.60. The normalized spacial score (nSPS) is 11.5. The third-order valence-electron chi connectivity index (χ3n) is 3.82. The molecule has 0 saturated carbocycles. The zero-order valence-corrected chi connectivity index (χ0v) is 16.8. The molecule has 0 aromatic heterocycles. The van der Waals surface area contributed by atoms with Gasteiger partial charge in [0.05, 0.1) is 12.7 Å². The van der Waals surface area contributed by atoms with Gasteiger partial charge in [-0.3, -0.25) is 0 Å². The number of rotatable bonds is 9. The maximum atomic E-state index is 12.6. The fraction of sp³-hybridized carbons (Fsp3) is 0.381. The molecule has 0 saturated heterocycles. The van der Waals surface area contributed by atoms with E-state index in [4.69, 9.17) is 28.5 Å². The van der Waals surface area contributed by atoms with E-state index < -0.39 is 11.7 Å². The van der Waals surface area contributed by atoms with Gasteiger partial charge in [0.15, 0.2) is 0 Å². The average molecular weight is 428 g/mol. The highest BCUT2D eigenvalue weighted by Crippen LogP contribution is 2.30. The van der Waals surface area contributed by atoms with Gasteiger partial charge in [0.1, 0.15) is 36.6 Å². The first-order valence-corrected chi connectivity index (χ1v) is 8.93. The second kappa shape index (κ2) is 12.5. The van der Waals surface area contributed by atoms with Crippen LogP contribution in [-0.4, -0.2) is 39.2 Å². The first-order valence-electron chi connectivity index (χ1n) is 8.93. The van der Waals surface area contributed by atoms with Crippen molar-refractivity contribution in [1.29, 1.82) is 0 Å². The van der Waals surface area contributed by atoms with Crippen LogP contribution in [0.25, 0.3) is 0 Å². The summed E-state index contributed by atoms with van der Waals surface area (Å²) < 4.78 is 59.8. The van der Waals surface area contributed by atoms with E-state index in [9.17, 15) is 13.2 Å². The molecule has 164 valence electrons. The van der Waals surface area contributed by atoms with Gasteiger partial charge in [-0.2, -0.15) is 22.8 Å². The highest BCUT2D eigenvalue weighted by atomic mass is 19.4. The Morgan fingerprint density at radius 1 is 0.967 bits per heavy atom. The zero-order chi connectivity index (χ0) is 22.6. The topological polar surface area (TPSA) is 71.1 Å². The molecule has 1 unspecified atom stereocenters. The Labute approximate surface area is 172 Å². The van der Waals surface area contributed by atoms with Crippen molar-refractivity contribution in [2.75, 3.05) is 26.9 Å². The van der Waals surface area contributed by atoms with Crippen LogP contribution in [0.3, 0.4) is 0 Å². The van der Waals surface area contributed by atoms with Gasteiger partial charge in [-0.1, -0.05) is 0 Å². The van der Waals surface area contributed by atoms with Crippen LogP contribution in [0, 0.1) is 6.92 Å². The zero-order valence-electron chi connectivity index (χ0n) is 16.8. The SMILES string of the molecule is CCOC(COc1ccc(C(F)(F)F)cc1)COc1ccc(OC)c(C)c1.O=C=O. The molecule has 30 heavy (non-hydrogen) atoms. The summed E-state index contributed by atoms with van der Waals surface area (Å²) in [6, 6.07) is 10.0. The Hall–Kier alpha value is -3.03. The van der Waals surface area contributed by atoms with Gasteiger partial charge in [-0.25, -0.2) is 0 Å². The summed E-state index contributed by atoms with van der Waals surface area (Å²) in [4.78, 5) is 16.2. The molecule has 0 radical (unpaired) electrons. The van der Waals surface area contributed by atoms with Crippen molar-refractivity contribution < 1.29 is 41.7 Å². The van der Waals surface area contributed by atoms with Crippen LogP contribution in [0.1, 0.15) is 18.1 Å². The Balaban J connectivity index is 0.00000141. The van der Waals surface area contributed by atoms with Gasteiger partial charge in [-0.15, -0.1) is 0 Å². The Bertz CT molecular complexity index is 799. The molecule has 2 aromatic rings. The smallest absolute Gasteiger partial charge is 0.416 e. The van der Waals surface area contributed by atoms with Crippen LogP contribution in [0.4, 0.5) is 13.2 Å². The number of methoxy groups -OCH3 is 1. The Morgan fingerprint density at radius 3 is 1.97 bits per heavy atom. The molecule has 0 bridgehead atoms. The molecule has 9 heteroatoms. The number of ether oxygens (including phenoxy) is 4. The molecule has 2 rings (SSSR count). The van der Waals surface area contributed by atoms with E-state index in [2.05, 4.69) is 0 Å². The molecule has 0 aliphatic rings. The monoisotopic (exact) mass is 428 g/mol. The molecule has 0 aliphatic heterocycles. The number of alkyl halides is 3. The molecule has 0 heterocycles. The highest BCUT2D eigenvalue weighted by molar-refractivity contribution is 5.39. The molecule has 0 aliphatic carbocycles. The van der Waals surface area contributed by atoms with Crippen molar-refractivity contribution in [3.05, 3.63) is 53.6 Å². The van der Waals surface area contributed by atoms with E-state index in [1.165, 1.54) is 12.1 Å². The molecular weight excluding hydrogens is 405 g/mol. The maximum absolute atomic E-state index is 12.6. The second-order valence-electron chi connectivity index (χ2n) is 5.94. The van der Waals surface area contributed by atoms with Gasteiger partial charge in [0, 0.05) is 6.61 Å². The Morgan fingerprint density at radius 2 is 1.50 bits per heavy atom. The van der Waals surface area contributed by atoms with E-state index in [1.807, 2.05) is 26.0 Å². The van der Waals surface area contributed by atoms with Crippen molar-refractivity contribution in [2.45, 2.75) is 26.1 Å². The molecule has 6 nitrogen and oxygen atoms in total. The number of halogens is 3. The van der Waals surface area contributed by atoms with Gasteiger partial charge in [-0.05, 0) is 61.9 Å². The van der Waals surface area contributed by atoms with Crippen LogP contribution in [0.5, 0.6) is 17.2 Å². The second-order valence-corrected chi connectivity index (χ2v) is 5.94. The minimum absolute atomic E-state index is 0.161. The standard InChI is InChI=1S/C20H23F3O4.CO2/c1-4-25-18(13-27-17-9-10-19(24-3)14(2)11-17)12-26-16-7-5-15(6-8-16)20(21,22)23;2-1-3/h5-11,18H,4,12-13H2,1-3H3;. The summed E-state index contributed by atoms with van der Waals surface area (Å²) in [5.41, 5.74) is 0.235. The van der Waals surface area contributed by atoms with Crippen molar-refractivity contribution in [2.24, 2.45) is 0 Å². The van der Waals surface area contributed by atoms with E-state index in [1.54, 1.807) is 13.2 Å².